The van der Waals surface area contributed by atoms with Crippen molar-refractivity contribution in [1.29, 1.82) is 0 Å². The van der Waals surface area contributed by atoms with E-state index in [2.05, 4.69) is 17.4 Å². The first-order valence-corrected chi connectivity index (χ1v) is 6.89. The van der Waals surface area contributed by atoms with Crippen LogP contribution in [0.15, 0.2) is 24.3 Å². The van der Waals surface area contributed by atoms with E-state index >= 15 is 0 Å². The third-order valence-electron chi connectivity index (χ3n) is 2.88. The lowest BCUT2D eigenvalue weighted by Crippen LogP contribution is -2.37. The van der Waals surface area contributed by atoms with Crippen LogP contribution < -0.4 is 10.1 Å². The molecule has 0 amide bonds. The lowest BCUT2D eigenvalue weighted by molar-refractivity contribution is -0.0864. The van der Waals surface area contributed by atoms with Crippen molar-refractivity contribution < 1.29 is 14.2 Å². The molecule has 1 heterocycles. The van der Waals surface area contributed by atoms with Crippen LogP contribution in [-0.4, -0.2) is 38.6 Å². The maximum Gasteiger partial charge on any atom is 0.119 e. The van der Waals surface area contributed by atoms with Crippen LogP contribution in [0.2, 0.25) is 0 Å². The Morgan fingerprint density at radius 3 is 2.68 bits per heavy atom. The second kappa shape index (κ2) is 7.48. The fourth-order valence-corrected chi connectivity index (χ4v) is 1.99. The molecule has 0 radical (unpaired) electrons. The van der Waals surface area contributed by atoms with E-state index in [1.165, 1.54) is 5.56 Å². The Morgan fingerprint density at radius 1 is 1.26 bits per heavy atom. The maximum absolute atomic E-state index is 5.61. The highest BCUT2D eigenvalue weighted by Crippen LogP contribution is 2.13. The molecule has 19 heavy (non-hydrogen) atoms. The Balaban J connectivity index is 1.70. The normalized spacial score (nSPS) is 19.6. The average molecular weight is 265 g/mol. The monoisotopic (exact) mass is 265 g/mol. The van der Waals surface area contributed by atoms with Crippen LogP contribution >= 0.6 is 0 Å². The minimum atomic E-state index is 0.178. The first-order chi connectivity index (χ1) is 9.24. The summed E-state index contributed by atoms with van der Waals surface area (Å²) in [6, 6.07) is 8.19. The summed E-state index contributed by atoms with van der Waals surface area (Å²) in [5.41, 5.74) is 1.24. The van der Waals surface area contributed by atoms with Crippen molar-refractivity contribution in [3.8, 4) is 5.75 Å². The number of ether oxygens (including phenoxy) is 3. The molecular weight excluding hydrogens is 242 g/mol. The number of nitrogens with one attached hydrogen (secondary N) is 1. The molecule has 106 valence electrons. The Labute approximate surface area is 115 Å². The van der Waals surface area contributed by atoms with E-state index in [4.69, 9.17) is 14.2 Å². The number of hydrogen-bond acceptors (Lipinski definition) is 4. The van der Waals surface area contributed by atoms with E-state index in [-0.39, 0.29) is 12.2 Å². The zero-order valence-corrected chi connectivity index (χ0v) is 11.7. The van der Waals surface area contributed by atoms with Crippen molar-refractivity contribution in [3.63, 3.8) is 0 Å². The molecule has 0 aliphatic carbocycles. The molecule has 0 bridgehead atoms. The van der Waals surface area contributed by atoms with Crippen LogP contribution in [0.5, 0.6) is 5.75 Å². The highest BCUT2D eigenvalue weighted by Gasteiger charge is 2.13. The molecule has 1 fully saturated rings. The van der Waals surface area contributed by atoms with Crippen LogP contribution in [0.1, 0.15) is 19.4 Å². The van der Waals surface area contributed by atoms with Gasteiger partial charge in [0.25, 0.3) is 0 Å². The highest BCUT2D eigenvalue weighted by atomic mass is 16.6. The van der Waals surface area contributed by atoms with Crippen LogP contribution in [0, 0.1) is 0 Å². The summed E-state index contributed by atoms with van der Waals surface area (Å²) < 4.78 is 16.5. The summed E-state index contributed by atoms with van der Waals surface area (Å²) >= 11 is 0. The minimum absolute atomic E-state index is 0.178. The summed E-state index contributed by atoms with van der Waals surface area (Å²) in [6.45, 7) is 7.82. The highest BCUT2D eigenvalue weighted by molar-refractivity contribution is 5.27. The largest absolute Gasteiger partial charge is 0.491 e. The predicted molar refractivity (Wildman–Crippen MR) is 74.5 cm³/mol. The maximum atomic E-state index is 5.61. The van der Waals surface area contributed by atoms with Gasteiger partial charge in [-0.15, -0.1) is 0 Å². The van der Waals surface area contributed by atoms with Crippen molar-refractivity contribution >= 4 is 0 Å². The molecule has 0 spiro atoms. The van der Waals surface area contributed by atoms with Crippen molar-refractivity contribution in [1.82, 2.24) is 5.32 Å². The molecule has 1 saturated heterocycles. The third-order valence-corrected chi connectivity index (χ3v) is 2.88. The smallest absolute Gasteiger partial charge is 0.119 e. The average Bonchev–Trinajstić information content (AvgIpc) is 2.41. The Bertz CT molecular complexity index is 358. The number of hydrogen-bond donors (Lipinski definition) is 1. The molecule has 1 N–H and O–H groups in total. The SMILES string of the molecule is CC(C)Oc1ccc(CNCC2COCCO2)cc1. The molecule has 4 heteroatoms. The predicted octanol–water partition coefficient (Wildman–Crippen LogP) is 1.98. The molecule has 1 aromatic rings. The summed E-state index contributed by atoms with van der Waals surface area (Å²) in [5.74, 6) is 0.919. The number of benzene rings is 1. The van der Waals surface area contributed by atoms with Crippen molar-refractivity contribution in [3.05, 3.63) is 29.8 Å². The van der Waals surface area contributed by atoms with E-state index < -0.39 is 0 Å². The first-order valence-electron chi connectivity index (χ1n) is 6.89. The molecule has 1 aliphatic rings. The molecule has 0 saturated carbocycles. The summed E-state index contributed by atoms with van der Waals surface area (Å²) in [6.07, 6.45) is 0.393. The first kappa shape index (κ1) is 14.3. The molecular formula is C15H23NO3. The van der Waals surface area contributed by atoms with Crippen LogP contribution in [0.4, 0.5) is 0 Å². The zero-order chi connectivity index (χ0) is 13.5. The van der Waals surface area contributed by atoms with Crippen LogP contribution in [0.3, 0.4) is 0 Å². The van der Waals surface area contributed by atoms with Gasteiger partial charge in [0.05, 0.1) is 32.0 Å². The van der Waals surface area contributed by atoms with Gasteiger partial charge in [0.15, 0.2) is 0 Å². The molecule has 1 aromatic carbocycles. The number of rotatable bonds is 6. The Hall–Kier alpha value is -1.10. The second-order valence-electron chi connectivity index (χ2n) is 5.01. The second-order valence-corrected chi connectivity index (χ2v) is 5.01. The summed E-state index contributed by atoms with van der Waals surface area (Å²) in [7, 11) is 0. The van der Waals surface area contributed by atoms with Gasteiger partial charge in [-0.25, -0.2) is 0 Å². The minimum Gasteiger partial charge on any atom is -0.491 e. The summed E-state index contributed by atoms with van der Waals surface area (Å²) in [5, 5.41) is 3.39. The van der Waals surface area contributed by atoms with Crippen molar-refractivity contribution in [2.24, 2.45) is 0 Å². The fourth-order valence-electron chi connectivity index (χ4n) is 1.99. The van der Waals surface area contributed by atoms with Gasteiger partial charge in [-0.05, 0) is 31.5 Å². The van der Waals surface area contributed by atoms with Crippen molar-refractivity contribution in [2.45, 2.75) is 32.6 Å². The zero-order valence-electron chi connectivity index (χ0n) is 11.7. The van der Waals surface area contributed by atoms with E-state index in [0.29, 0.717) is 19.8 Å². The van der Waals surface area contributed by atoms with Gasteiger partial charge in [-0.1, -0.05) is 12.1 Å². The molecule has 1 unspecified atom stereocenters. The standard InChI is InChI=1S/C15H23NO3/c1-12(2)19-14-5-3-13(4-6-14)9-16-10-15-11-17-7-8-18-15/h3-6,12,15-16H,7-11H2,1-2H3. The van der Waals surface area contributed by atoms with E-state index in [1.54, 1.807) is 0 Å². The Kier molecular flexibility index (Phi) is 5.63. The van der Waals surface area contributed by atoms with Gasteiger partial charge in [-0.3, -0.25) is 0 Å². The lowest BCUT2D eigenvalue weighted by atomic mass is 10.2. The topological polar surface area (TPSA) is 39.7 Å². The van der Waals surface area contributed by atoms with Crippen molar-refractivity contribution in [2.75, 3.05) is 26.4 Å². The molecule has 1 atom stereocenters. The fraction of sp³-hybridized carbons (Fsp3) is 0.600. The quantitative estimate of drug-likeness (QED) is 0.854. The van der Waals surface area contributed by atoms with E-state index in [1.807, 2.05) is 26.0 Å². The molecule has 1 aliphatic heterocycles. The molecule has 2 rings (SSSR count). The molecule has 4 nitrogen and oxygen atoms in total. The molecule has 0 aromatic heterocycles. The summed E-state index contributed by atoms with van der Waals surface area (Å²) in [4.78, 5) is 0. The van der Waals surface area contributed by atoms with Gasteiger partial charge >= 0.3 is 0 Å². The van der Waals surface area contributed by atoms with E-state index in [9.17, 15) is 0 Å². The van der Waals surface area contributed by atoms with Gasteiger partial charge in [0.2, 0.25) is 0 Å². The van der Waals surface area contributed by atoms with Gasteiger partial charge < -0.3 is 19.5 Å². The van der Waals surface area contributed by atoms with Gasteiger partial charge in [0, 0.05) is 13.1 Å². The lowest BCUT2D eigenvalue weighted by Gasteiger charge is -2.23. The van der Waals surface area contributed by atoms with Gasteiger partial charge in [0.1, 0.15) is 5.75 Å². The van der Waals surface area contributed by atoms with Crippen LogP contribution in [-0.2, 0) is 16.0 Å². The van der Waals surface area contributed by atoms with Gasteiger partial charge in [-0.2, -0.15) is 0 Å². The third kappa shape index (κ3) is 5.19. The van der Waals surface area contributed by atoms with Crippen LogP contribution in [0.25, 0.3) is 0 Å². The Morgan fingerprint density at radius 2 is 2.05 bits per heavy atom. The van der Waals surface area contributed by atoms with E-state index in [0.717, 1.165) is 18.8 Å².